The van der Waals surface area contributed by atoms with Gasteiger partial charge in [0.15, 0.2) is 0 Å². The maximum absolute atomic E-state index is 11.0. The van der Waals surface area contributed by atoms with E-state index in [0.29, 0.717) is 0 Å². The lowest BCUT2D eigenvalue weighted by Gasteiger charge is -1.89. The topological polar surface area (TPSA) is 53.1 Å². The summed E-state index contributed by atoms with van der Waals surface area (Å²) in [6.07, 6.45) is 0. The molecule has 70 valence electrons. The molecule has 4 heteroatoms. The normalized spacial score (nSPS) is 9.79. The lowest BCUT2D eigenvalue weighted by molar-refractivity contribution is 0.350. The number of aromatic nitrogens is 1. The minimum absolute atomic E-state index is 0.0627. The van der Waals surface area contributed by atoms with Gasteiger partial charge in [-0.25, -0.2) is 0 Å². The molecule has 1 aromatic heterocycles. The minimum Gasteiger partial charge on any atom is -0.384 e. The van der Waals surface area contributed by atoms with Crippen LogP contribution in [0.4, 0.5) is 0 Å². The van der Waals surface area contributed by atoms with Gasteiger partial charge in [-0.05, 0) is 18.2 Å². The summed E-state index contributed by atoms with van der Waals surface area (Å²) in [5.74, 6) is 5.34. The molecular formula is C10H7NO2S. The maximum Gasteiger partial charge on any atom is 0.305 e. The fraction of sp³-hybridized carbons (Fsp3) is 0.100. The number of aromatic amines is 1. The molecule has 0 radical (unpaired) electrons. The Morgan fingerprint density at radius 1 is 1.50 bits per heavy atom. The van der Waals surface area contributed by atoms with Gasteiger partial charge in [0.05, 0.1) is 10.2 Å². The van der Waals surface area contributed by atoms with E-state index < -0.39 is 0 Å². The molecule has 0 unspecified atom stereocenters. The van der Waals surface area contributed by atoms with Crippen molar-refractivity contribution in [3.63, 3.8) is 0 Å². The predicted molar refractivity (Wildman–Crippen MR) is 56.4 cm³/mol. The Bertz CT molecular complexity index is 571. The molecular weight excluding hydrogens is 198 g/mol. The van der Waals surface area contributed by atoms with Crippen molar-refractivity contribution in [2.24, 2.45) is 0 Å². The summed E-state index contributed by atoms with van der Waals surface area (Å²) in [6.45, 7) is -0.151. The molecule has 0 aliphatic heterocycles. The van der Waals surface area contributed by atoms with Crippen molar-refractivity contribution >= 4 is 21.6 Å². The molecule has 14 heavy (non-hydrogen) atoms. The van der Waals surface area contributed by atoms with Crippen LogP contribution in [0.5, 0.6) is 0 Å². The van der Waals surface area contributed by atoms with Gasteiger partial charge in [-0.3, -0.25) is 4.79 Å². The van der Waals surface area contributed by atoms with Gasteiger partial charge in [0.2, 0.25) is 0 Å². The van der Waals surface area contributed by atoms with Crippen molar-refractivity contribution in [2.75, 3.05) is 6.61 Å². The van der Waals surface area contributed by atoms with Gasteiger partial charge >= 0.3 is 4.87 Å². The van der Waals surface area contributed by atoms with Crippen LogP contribution < -0.4 is 4.87 Å². The zero-order valence-electron chi connectivity index (χ0n) is 7.20. The first-order valence-corrected chi connectivity index (χ1v) is 4.84. The van der Waals surface area contributed by atoms with Gasteiger partial charge in [0.25, 0.3) is 0 Å². The van der Waals surface area contributed by atoms with Crippen LogP contribution >= 0.6 is 11.3 Å². The van der Waals surface area contributed by atoms with Gasteiger partial charge in [-0.15, -0.1) is 0 Å². The number of H-pyrrole nitrogens is 1. The van der Waals surface area contributed by atoms with Gasteiger partial charge in [-0.2, -0.15) is 0 Å². The second kappa shape index (κ2) is 3.66. The van der Waals surface area contributed by atoms with E-state index in [9.17, 15) is 4.79 Å². The molecule has 0 atom stereocenters. The minimum atomic E-state index is -0.151. The van der Waals surface area contributed by atoms with Crippen LogP contribution in [0.15, 0.2) is 23.0 Å². The fourth-order valence-corrected chi connectivity index (χ4v) is 1.94. The Balaban J connectivity index is 2.55. The Morgan fingerprint density at radius 3 is 3.14 bits per heavy atom. The molecule has 1 heterocycles. The second-order valence-electron chi connectivity index (χ2n) is 2.69. The molecule has 0 aliphatic carbocycles. The van der Waals surface area contributed by atoms with E-state index in [1.165, 1.54) is 0 Å². The SMILES string of the molecule is O=c1[nH]c2ccc(C#CCO)cc2s1. The maximum atomic E-state index is 11.0. The third-order valence-corrected chi connectivity index (χ3v) is 2.58. The Morgan fingerprint density at radius 2 is 2.36 bits per heavy atom. The molecule has 2 rings (SSSR count). The van der Waals surface area contributed by atoms with Gasteiger partial charge < -0.3 is 10.1 Å². The average molecular weight is 205 g/mol. The molecule has 2 aromatic rings. The average Bonchev–Trinajstić information content (AvgIpc) is 2.54. The highest BCUT2D eigenvalue weighted by Crippen LogP contribution is 2.15. The van der Waals surface area contributed by atoms with Crippen molar-refractivity contribution in [1.29, 1.82) is 0 Å². The van der Waals surface area contributed by atoms with Crippen molar-refractivity contribution in [3.05, 3.63) is 33.4 Å². The highest BCUT2D eigenvalue weighted by atomic mass is 32.1. The number of nitrogens with one attached hydrogen (secondary N) is 1. The highest BCUT2D eigenvalue weighted by molar-refractivity contribution is 7.16. The zero-order chi connectivity index (χ0) is 9.97. The number of thiazole rings is 1. The lowest BCUT2D eigenvalue weighted by Crippen LogP contribution is -1.89. The molecule has 0 aliphatic rings. The molecule has 0 saturated carbocycles. The molecule has 0 spiro atoms. The first kappa shape index (κ1) is 9.00. The standard InChI is InChI=1S/C10H7NO2S/c12-5-1-2-7-3-4-8-9(6-7)14-10(13)11-8/h3-4,6,12H,5H2,(H,11,13). The molecule has 2 N–H and O–H groups in total. The summed E-state index contributed by atoms with van der Waals surface area (Å²) in [7, 11) is 0. The molecule has 0 amide bonds. The number of aliphatic hydroxyl groups is 1. The number of rotatable bonds is 0. The first-order chi connectivity index (χ1) is 6.79. The monoisotopic (exact) mass is 205 g/mol. The summed E-state index contributed by atoms with van der Waals surface area (Å²) in [5.41, 5.74) is 1.64. The van der Waals surface area contributed by atoms with Crippen molar-refractivity contribution in [1.82, 2.24) is 4.98 Å². The van der Waals surface area contributed by atoms with Crippen LogP contribution in [0.1, 0.15) is 5.56 Å². The van der Waals surface area contributed by atoms with Crippen molar-refractivity contribution < 1.29 is 5.11 Å². The third kappa shape index (κ3) is 1.69. The molecule has 0 fully saturated rings. The van der Waals surface area contributed by atoms with Crippen molar-refractivity contribution in [3.8, 4) is 11.8 Å². The number of hydrogen-bond acceptors (Lipinski definition) is 3. The summed E-state index contributed by atoms with van der Waals surface area (Å²) < 4.78 is 0.889. The van der Waals surface area contributed by atoms with Gasteiger partial charge in [-0.1, -0.05) is 23.2 Å². The molecule has 0 bridgehead atoms. The number of benzene rings is 1. The van der Waals surface area contributed by atoms with E-state index in [0.717, 1.165) is 27.1 Å². The Hall–Kier alpha value is -1.57. The molecule has 0 saturated heterocycles. The second-order valence-corrected chi connectivity index (χ2v) is 3.70. The van der Waals surface area contributed by atoms with Crippen LogP contribution in [0, 0.1) is 11.8 Å². The predicted octanol–water partition coefficient (Wildman–Crippen LogP) is 0.933. The summed E-state index contributed by atoms with van der Waals surface area (Å²) in [6, 6.07) is 5.46. The molecule has 1 aromatic carbocycles. The van der Waals surface area contributed by atoms with Crippen LogP contribution in [-0.4, -0.2) is 16.7 Å². The van der Waals surface area contributed by atoms with Crippen LogP contribution in [0.3, 0.4) is 0 Å². The fourth-order valence-electron chi connectivity index (χ4n) is 1.16. The van der Waals surface area contributed by atoms with Gasteiger partial charge in [0, 0.05) is 5.56 Å². The quantitative estimate of drug-likeness (QED) is 0.629. The number of aliphatic hydroxyl groups excluding tert-OH is 1. The van der Waals surface area contributed by atoms with E-state index >= 15 is 0 Å². The van der Waals surface area contributed by atoms with E-state index in [-0.39, 0.29) is 11.5 Å². The largest absolute Gasteiger partial charge is 0.384 e. The first-order valence-electron chi connectivity index (χ1n) is 4.02. The third-order valence-electron chi connectivity index (χ3n) is 1.73. The summed E-state index contributed by atoms with van der Waals surface area (Å²) in [5, 5.41) is 8.52. The van der Waals surface area contributed by atoms with Crippen LogP contribution in [0.2, 0.25) is 0 Å². The van der Waals surface area contributed by atoms with E-state index in [1.807, 2.05) is 18.2 Å². The van der Waals surface area contributed by atoms with Crippen molar-refractivity contribution in [2.45, 2.75) is 0 Å². The van der Waals surface area contributed by atoms with Crippen LogP contribution in [-0.2, 0) is 0 Å². The molecule has 3 nitrogen and oxygen atoms in total. The highest BCUT2D eigenvalue weighted by Gasteiger charge is 1.98. The summed E-state index contributed by atoms with van der Waals surface area (Å²) >= 11 is 1.16. The Kier molecular flexibility index (Phi) is 2.35. The zero-order valence-corrected chi connectivity index (χ0v) is 8.02. The Labute approximate surface area is 84.0 Å². The summed E-state index contributed by atoms with van der Waals surface area (Å²) in [4.78, 5) is 13.6. The van der Waals surface area contributed by atoms with E-state index in [1.54, 1.807) is 0 Å². The van der Waals surface area contributed by atoms with Crippen LogP contribution in [0.25, 0.3) is 10.2 Å². The van der Waals surface area contributed by atoms with E-state index in [2.05, 4.69) is 16.8 Å². The lowest BCUT2D eigenvalue weighted by atomic mass is 10.2. The number of fused-ring (bicyclic) bond motifs is 1. The van der Waals surface area contributed by atoms with Gasteiger partial charge in [0.1, 0.15) is 6.61 Å². The smallest absolute Gasteiger partial charge is 0.305 e. The van der Waals surface area contributed by atoms with E-state index in [4.69, 9.17) is 5.11 Å². The number of hydrogen-bond donors (Lipinski definition) is 2.